The Hall–Kier alpha value is -1.66. The molecular formula is C22H39N5O. The van der Waals surface area contributed by atoms with Crippen LogP contribution in [0.15, 0.2) is 18.3 Å². The molecule has 0 unspecified atom stereocenters. The highest BCUT2D eigenvalue weighted by atomic mass is 16.5. The summed E-state index contributed by atoms with van der Waals surface area (Å²) < 4.78 is 6.25. The summed E-state index contributed by atoms with van der Waals surface area (Å²) in [6.45, 7) is 16.6. The van der Waals surface area contributed by atoms with Gasteiger partial charge in [0.05, 0.1) is 5.60 Å². The van der Waals surface area contributed by atoms with Gasteiger partial charge in [0.15, 0.2) is 5.96 Å². The number of hydrogen-bond acceptors (Lipinski definition) is 4. The average molecular weight is 390 g/mol. The van der Waals surface area contributed by atoms with Crippen LogP contribution in [0.4, 0.5) is 0 Å². The maximum atomic E-state index is 7.81. The molecule has 0 aromatic carbocycles. The van der Waals surface area contributed by atoms with Crippen LogP contribution in [0.3, 0.4) is 0 Å². The lowest BCUT2D eigenvalue weighted by Gasteiger charge is -2.46. The summed E-state index contributed by atoms with van der Waals surface area (Å²) in [5.74, 6) is 0.366. The van der Waals surface area contributed by atoms with E-state index in [9.17, 15) is 0 Å². The second-order valence-electron chi connectivity index (χ2n) is 8.94. The molecule has 28 heavy (non-hydrogen) atoms. The van der Waals surface area contributed by atoms with E-state index < -0.39 is 0 Å². The molecule has 1 aliphatic rings. The van der Waals surface area contributed by atoms with Crippen LogP contribution in [0, 0.1) is 17.7 Å². The Bertz CT molecular complexity index is 655. The summed E-state index contributed by atoms with van der Waals surface area (Å²) in [6.07, 6.45) is 4.05. The van der Waals surface area contributed by atoms with Crippen LogP contribution in [-0.2, 0) is 10.3 Å². The van der Waals surface area contributed by atoms with E-state index >= 15 is 0 Å². The maximum Gasteiger partial charge on any atom is 0.188 e. The molecule has 6 heteroatoms. The lowest BCUT2D eigenvalue weighted by Crippen LogP contribution is -2.51. The van der Waals surface area contributed by atoms with Crippen LogP contribution in [0.25, 0.3) is 0 Å². The number of likely N-dealkylation sites (tertiary alicyclic amines) is 1. The minimum absolute atomic E-state index is 0.0272. The van der Waals surface area contributed by atoms with Gasteiger partial charge in [0.25, 0.3) is 0 Å². The first-order valence-electron chi connectivity index (χ1n) is 10.4. The molecule has 1 aliphatic heterocycles. The summed E-state index contributed by atoms with van der Waals surface area (Å²) in [7, 11) is 1.77. The number of aryl methyl sites for hydroxylation is 1. The SMILES string of the molecule is CCOC(C)(C)[C@@]1(CCNC(=N)NC)CCN(C(C)(C)c2ccc(C)nc2)C1. The number of hydrogen-bond donors (Lipinski definition) is 3. The van der Waals surface area contributed by atoms with Crippen molar-refractivity contribution in [2.24, 2.45) is 5.41 Å². The van der Waals surface area contributed by atoms with Crippen molar-refractivity contribution in [1.82, 2.24) is 20.5 Å². The van der Waals surface area contributed by atoms with Gasteiger partial charge in [-0.2, -0.15) is 0 Å². The van der Waals surface area contributed by atoms with E-state index in [-0.39, 0.29) is 16.6 Å². The van der Waals surface area contributed by atoms with Crippen molar-refractivity contribution in [1.29, 1.82) is 5.41 Å². The quantitative estimate of drug-likeness (QED) is 0.470. The third-order valence-corrected chi connectivity index (χ3v) is 6.70. The molecule has 1 aromatic heterocycles. The minimum atomic E-state index is -0.235. The van der Waals surface area contributed by atoms with Gasteiger partial charge in [-0.25, -0.2) is 0 Å². The zero-order chi connectivity index (χ0) is 21.0. The summed E-state index contributed by atoms with van der Waals surface area (Å²) >= 11 is 0. The normalized spacial score (nSPS) is 21.0. The largest absolute Gasteiger partial charge is 0.375 e. The van der Waals surface area contributed by atoms with E-state index in [1.54, 1.807) is 7.05 Å². The van der Waals surface area contributed by atoms with E-state index in [0.29, 0.717) is 12.6 Å². The first-order valence-corrected chi connectivity index (χ1v) is 10.4. The molecule has 0 amide bonds. The number of ether oxygens (including phenoxy) is 1. The van der Waals surface area contributed by atoms with Gasteiger partial charge in [0, 0.05) is 49.6 Å². The Morgan fingerprint density at radius 2 is 2.04 bits per heavy atom. The van der Waals surface area contributed by atoms with E-state index in [1.807, 2.05) is 13.1 Å². The van der Waals surface area contributed by atoms with E-state index in [1.165, 1.54) is 5.56 Å². The summed E-state index contributed by atoms with van der Waals surface area (Å²) in [4.78, 5) is 7.09. The molecule has 0 saturated carbocycles. The van der Waals surface area contributed by atoms with E-state index in [2.05, 4.69) is 67.3 Å². The molecular weight excluding hydrogens is 350 g/mol. The van der Waals surface area contributed by atoms with Gasteiger partial charge in [0.2, 0.25) is 0 Å². The smallest absolute Gasteiger partial charge is 0.188 e. The highest BCUT2D eigenvalue weighted by molar-refractivity contribution is 5.75. The highest BCUT2D eigenvalue weighted by Gasteiger charge is 2.52. The van der Waals surface area contributed by atoms with Gasteiger partial charge < -0.3 is 15.4 Å². The van der Waals surface area contributed by atoms with Gasteiger partial charge in [0.1, 0.15) is 0 Å². The van der Waals surface area contributed by atoms with Gasteiger partial charge in [-0.1, -0.05) is 6.07 Å². The van der Waals surface area contributed by atoms with Crippen molar-refractivity contribution >= 4 is 5.96 Å². The van der Waals surface area contributed by atoms with Crippen molar-refractivity contribution in [2.45, 2.75) is 65.5 Å². The Balaban J connectivity index is 2.23. The fourth-order valence-corrected chi connectivity index (χ4v) is 4.39. The summed E-state index contributed by atoms with van der Waals surface area (Å²) in [6, 6.07) is 4.30. The molecule has 1 fully saturated rings. The van der Waals surface area contributed by atoms with Gasteiger partial charge in [-0.05, 0) is 72.6 Å². The molecule has 0 spiro atoms. The van der Waals surface area contributed by atoms with E-state index in [4.69, 9.17) is 10.1 Å². The van der Waals surface area contributed by atoms with Crippen LogP contribution in [0.2, 0.25) is 0 Å². The molecule has 1 aromatic rings. The summed E-state index contributed by atoms with van der Waals surface area (Å²) in [5, 5.41) is 13.8. The predicted molar refractivity (Wildman–Crippen MR) is 116 cm³/mol. The third-order valence-electron chi connectivity index (χ3n) is 6.70. The number of nitrogens with one attached hydrogen (secondary N) is 3. The Kier molecular flexibility index (Phi) is 7.10. The maximum absolute atomic E-state index is 7.81. The topological polar surface area (TPSA) is 73.3 Å². The van der Waals surface area contributed by atoms with Crippen molar-refractivity contribution in [3.63, 3.8) is 0 Å². The lowest BCUT2D eigenvalue weighted by molar-refractivity contribution is -0.109. The second-order valence-corrected chi connectivity index (χ2v) is 8.94. The molecule has 0 bridgehead atoms. The lowest BCUT2D eigenvalue weighted by atomic mass is 9.70. The van der Waals surface area contributed by atoms with Gasteiger partial charge in [-0.15, -0.1) is 0 Å². The molecule has 1 saturated heterocycles. The number of rotatable bonds is 8. The molecule has 158 valence electrons. The van der Waals surface area contributed by atoms with E-state index in [0.717, 1.165) is 38.2 Å². The molecule has 2 heterocycles. The first kappa shape index (κ1) is 22.6. The zero-order valence-electron chi connectivity index (χ0n) is 18.8. The Morgan fingerprint density at radius 3 is 2.61 bits per heavy atom. The van der Waals surface area contributed by atoms with Crippen molar-refractivity contribution in [2.75, 3.05) is 33.3 Å². The van der Waals surface area contributed by atoms with Crippen molar-refractivity contribution < 1.29 is 4.74 Å². The van der Waals surface area contributed by atoms with Crippen LogP contribution >= 0.6 is 0 Å². The number of guanidine groups is 1. The van der Waals surface area contributed by atoms with Crippen LogP contribution in [0.1, 0.15) is 58.7 Å². The van der Waals surface area contributed by atoms with Gasteiger partial charge in [-0.3, -0.25) is 15.3 Å². The number of pyridine rings is 1. The number of aromatic nitrogens is 1. The predicted octanol–water partition coefficient (Wildman–Crippen LogP) is 3.27. The first-order chi connectivity index (χ1) is 13.1. The fraction of sp³-hybridized carbons (Fsp3) is 0.727. The van der Waals surface area contributed by atoms with Gasteiger partial charge >= 0.3 is 0 Å². The molecule has 2 rings (SSSR count). The minimum Gasteiger partial charge on any atom is -0.375 e. The molecule has 0 aliphatic carbocycles. The molecule has 1 atom stereocenters. The standard InChI is InChI=1S/C22H39N5O/c1-8-28-21(5,6)22(11-13-25-19(23)24-7)12-14-27(16-22)20(3,4)18-10-9-17(2)26-15-18/h9-10,15H,8,11-14,16H2,1-7H3,(H3,23,24,25)/t22-/m0/s1. The Morgan fingerprint density at radius 1 is 1.32 bits per heavy atom. The van der Waals surface area contributed by atoms with Crippen LogP contribution < -0.4 is 10.6 Å². The molecule has 3 N–H and O–H groups in total. The zero-order valence-corrected chi connectivity index (χ0v) is 18.8. The number of nitrogens with zero attached hydrogens (tertiary/aromatic N) is 2. The molecule has 0 radical (unpaired) electrons. The Labute approximate surface area is 171 Å². The average Bonchev–Trinajstić information content (AvgIpc) is 3.09. The fourth-order valence-electron chi connectivity index (χ4n) is 4.39. The third kappa shape index (κ3) is 4.66. The summed E-state index contributed by atoms with van der Waals surface area (Å²) in [5.41, 5.74) is 2.00. The van der Waals surface area contributed by atoms with Crippen molar-refractivity contribution in [3.8, 4) is 0 Å². The molecule has 6 nitrogen and oxygen atoms in total. The highest BCUT2D eigenvalue weighted by Crippen LogP contribution is 2.48. The van der Waals surface area contributed by atoms with Crippen molar-refractivity contribution in [3.05, 3.63) is 29.6 Å². The second kappa shape index (κ2) is 8.78. The van der Waals surface area contributed by atoms with Crippen LogP contribution in [-0.4, -0.2) is 54.7 Å². The monoisotopic (exact) mass is 389 g/mol. The van der Waals surface area contributed by atoms with Crippen LogP contribution in [0.5, 0.6) is 0 Å².